The Morgan fingerprint density at radius 1 is 2.00 bits per heavy atom. The molecule has 0 aliphatic carbocycles. The highest BCUT2D eigenvalue weighted by molar-refractivity contribution is 4.50. The van der Waals surface area contributed by atoms with Gasteiger partial charge in [-0.15, -0.1) is 0 Å². The predicted octanol–water partition coefficient (Wildman–Crippen LogP) is 2.01. The minimum atomic E-state index is 0.480. The molecule has 0 aromatic heterocycles. The lowest BCUT2D eigenvalue weighted by atomic mass is 10.3. The first-order chi connectivity index (χ1) is 2.91. The molecular formula is C5H11. The molecule has 0 bridgehead atoms. The second kappa shape index (κ2) is 4.00. The van der Waals surface area contributed by atoms with Crippen molar-refractivity contribution in [2.24, 2.45) is 0 Å². The van der Waals surface area contributed by atoms with E-state index < -0.39 is 0 Å². The lowest BCUT2D eigenvalue weighted by Gasteiger charge is -1.78. The van der Waals surface area contributed by atoms with Crippen molar-refractivity contribution >= 4 is 0 Å². The molecule has 0 N–H and O–H groups in total. The highest BCUT2D eigenvalue weighted by atomic mass is 13.7. The maximum Gasteiger partial charge on any atom is 0.0233 e. The molecule has 0 fully saturated rings. The molecule has 1 radical (unpaired) electrons. The summed E-state index contributed by atoms with van der Waals surface area (Å²) in [4.78, 5) is 0. The van der Waals surface area contributed by atoms with Gasteiger partial charge in [0, 0.05) is 1.37 Å². The van der Waals surface area contributed by atoms with Gasteiger partial charge in [-0.25, -0.2) is 0 Å². The quantitative estimate of drug-likeness (QED) is 0.438. The molecule has 0 rings (SSSR count). The standard InChI is InChI=1S/C5H11/c1-3-5-4-2/h3H,4-5H2,1-2H3/i1T. The van der Waals surface area contributed by atoms with Crippen molar-refractivity contribution in [1.29, 1.82) is 0 Å². The summed E-state index contributed by atoms with van der Waals surface area (Å²) in [5.41, 5.74) is 0. The van der Waals surface area contributed by atoms with E-state index >= 15 is 0 Å². The van der Waals surface area contributed by atoms with E-state index in [9.17, 15) is 0 Å². The van der Waals surface area contributed by atoms with Gasteiger partial charge in [-0.3, -0.25) is 0 Å². The van der Waals surface area contributed by atoms with Crippen molar-refractivity contribution in [3.63, 3.8) is 0 Å². The molecule has 0 spiro atoms. The number of unbranched alkanes of at least 4 members (excludes halogenated alkanes) is 2. The Kier molecular flexibility index (Phi) is 2.56. The van der Waals surface area contributed by atoms with Crippen LogP contribution in [0, 0.1) is 6.42 Å². The largest absolute Gasteiger partial charge is 0.0654 e. The van der Waals surface area contributed by atoms with Crippen molar-refractivity contribution in [3.05, 3.63) is 6.42 Å². The van der Waals surface area contributed by atoms with Crippen molar-refractivity contribution < 1.29 is 1.37 Å². The normalized spacial score (nSPS) is 11.0. The van der Waals surface area contributed by atoms with Gasteiger partial charge in [-0.2, -0.15) is 0 Å². The van der Waals surface area contributed by atoms with Gasteiger partial charge in [0.2, 0.25) is 0 Å². The maximum atomic E-state index is 6.65. The number of hydrogen-bond donors (Lipinski definition) is 0. The number of rotatable bonds is 2. The second-order valence-corrected chi connectivity index (χ2v) is 1.08. The Balaban J connectivity index is 2.34. The van der Waals surface area contributed by atoms with Crippen LogP contribution in [0.25, 0.3) is 0 Å². The van der Waals surface area contributed by atoms with Crippen molar-refractivity contribution in [1.82, 2.24) is 0 Å². The van der Waals surface area contributed by atoms with E-state index in [4.69, 9.17) is 1.37 Å². The van der Waals surface area contributed by atoms with E-state index in [1.807, 2.05) is 6.42 Å². The lowest BCUT2D eigenvalue weighted by molar-refractivity contribution is 0.901. The fourth-order valence-electron chi connectivity index (χ4n) is 0.204. The summed E-state index contributed by atoms with van der Waals surface area (Å²) in [5.74, 6) is 0. The Morgan fingerprint density at radius 3 is 3.00 bits per heavy atom. The molecule has 0 heteroatoms. The zero-order valence-electron chi connectivity index (χ0n) is 4.70. The van der Waals surface area contributed by atoms with Crippen molar-refractivity contribution in [2.45, 2.75) is 26.7 Å². The topological polar surface area (TPSA) is 0 Å². The summed E-state index contributed by atoms with van der Waals surface area (Å²) < 4.78 is 6.65. The van der Waals surface area contributed by atoms with Gasteiger partial charge < -0.3 is 0 Å². The van der Waals surface area contributed by atoms with Gasteiger partial charge in [0.15, 0.2) is 0 Å². The molecule has 0 amide bonds. The molecule has 0 aromatic rings. The van der Waals surface area contributed by atoms with Gasteiger partial charge in [0.25, 0.3) is 0 Å². The molecule has 0 aliphatic rings. The van der Waals surface area contributed by atoms with Gasteiger partial charge >= 0.3 is 0 Å². The highest BCUT2D eigenvalue weighted by Crippen LogP contribution is 1.86. The van der Waals surface area contributed by atoms with Crippen LogP contribution in [0.3, 0.4) is 0 Å². The Hall–Kier alpha value is 0. The smallest absolute Gasteiger partial charge is 0.0233 e. The van der Waals surface area contributed by atoms with Crippen LogP contribution in [0.4, 0.5) is 0 Å². The van der Waals surface area contributed by atoms with Crippen LogP contribution >= 0.6 is 0 Å². The van der Waals surface area contributed by atoms with Gasteiger partial charge in [-0.1, -0.05) is 26.7 Å². The molecule has 0 atom stereocenters. The summed E-state index contributed by atoms with van der Waals surface area (Å²) in [6, 6.07) is 0. The first-order valence-electron chi connectivity index (χ1n) is 2.73. The highest BCUT2D eigenvalue weighted by Gasteiger charge is 1.68. The Bertz CT molecular complexity index is 15.9. The van der Waals surface area contributed by atoms with Crippen LogP contribution in [-0.4, -0.2) is 0 Å². The first-order valence-corrected chi connectivity index (χ1v) is 2.02. The maximum absolute atomic E-state index is 6.65. The van der Waals surface area contributed by atoms with Gasteiger partial charge in [0.05, 0.1) is 0 Å². The average Bonchev–Trinajstić information content (AvgIpc) is 1.61. The van der Waals surface area contributed by atoms with Gasteiger partial charge in [0.1, 0.15) is 0 Å². The Morgan fingerprint density at radius 2 is 2.80 bits per heavy atom. The second-order valence-electron chi connectivity index (χ2n) is 1.08. The zero-order chi connectivity index (χ0) is 4.83. The van der Waals surface area contributed by atoms with Crippen LogP contribution < -0.4 is 0 Å². The Labute approximate surface area is 35.6 Å². The molecule has 0 saturated carbocycles. The zero-order valence-corrected chi connectivity index (χ0v) is 3.70. The summed E-state index contributed by atoms with van der Waals surface area (Å²) >= 11 is 0. The summed E-state index contributed by atoms with van der Waals surface area (Å²) in [6.45, 7) is 2.60. The molecule has 5 heavy (non-hydrogen) atoms. The molecular weight excluding hydrogens is 60.1 g/mol. The van der Waals surface area contributed by atoms with E-state index in [0.29, 0.717) is 6.90 Å². The third-order valence-corrected chi connectivity index (χ3v) is 0.493. The van der Waals surface area contributed by atoms with Crippen LogP contribution in [0.2, 0.25) is 0 Å². The van der Waals surface area contributed by atoms with Crippen LogP contribution in [0.5, 0.6) is 0 Å². The molecule has 0 heterocycles. The van der Waals surface area contributed by atoms with Crippen LogP contribution in [0.1, 0.15) is 28.0 Å². The molecule has 0 saturated heterocycles. The summed E-state index contributed by atoms with van der Waals surface area (Å²) in [7, 11) is 0. The average molecular weight is 73.2 g/mol. The predicted molar refractivity (Wildman–Crippen MR) is 24.9 cm³/mol. The fourth-order valence-corrected chi connectivity index (χ4v) is 0.204. The molecule has 31 valence electrons. The lowest BCUT2D eigenvalue weighted by Crippen LogP contribution is -1.60. The van der Waals surface area contributed by atoms with Crippen molar-refractivity contribution in [3.8, 4) is 0 Å². The van der Waals surface area contributed by atoms with E-state index in [1.54, 1.807) is 0 Å². The third kappa shape index (κ3) is 4.00. The van der Waals surface area contributed by atoms with E-state index in [0.717, 1.165) is 6.42 Å². The summed E-state index contributed by atoms with van der Waals surface area (Å²) in [5, 5.41) is 0. The number of hydrogen-bond acceptors (Lipinski definition) is 0. The van der Waals surface area contributed by atoms with Crippen LogP contribution in [-0.2, 0) is 0 Å². The fraction of sp³-hybridized carbons (Fsp3) is 0.800. The minimum absolute atomic E-state index is 0.480. The summed E-state index contributed by atoms with van der Waals surface area (Å²) in [6.07, 6.45) is 4.25. The molecule has 0 unspecified atom stereocenters. The van der Waals surface area contributed by atoms with Gasteiger partial charge in [-0.05, 0) is 6.42 Å². The minimum Gasteiger partial charge on any atom is -0.0654 e. The SMILES string of the molecule is [3H]C[CH]CCC. The first kappa shape index (κ1) is 3.20. The molecule has 0 aromatic carbocycles. The third-order valence-electron chi connectivity index (χ3n) is 0.493. The van der Waals surface area contributed by atoms with E-state index in [-0.39, 0.29) is 0 Å². The van der Waals surface area contributed by atoms with E-state index in [1.165, 1.54) is 6.42 Å². The molecule has 0 aliphatic heterocycles. The van der Waals surface area contributed by atoms with E-state index in [2.05, 4.69) is 6.92 Å². The molecule has 0 nitrogen and oxygen atoms in total. The van der Waals surface area contributed by atoms with Crippen LogP contribution in [0.15, 0.2) is 0 Å². The van der Waals surface area contributed by atoms with Crippen molar-refractivity contribution in [2.75, 3.05) is 0 Å². The monoisotopic (exact) mass is 73.1 g/mol.